The Morgan fingerprint density at radius 1 is 1.12 bits per heavy atom. The van der Waals surface area contributed by atoms with Gasteiger partial charge in [0.2, 0.25) is 0 Å². The average Bonchev–Trinajstić information content (AvgIpc) is 3.51. The number of hydrogen-bond donors (Lipinski definition) is 3. The predicted molar refractivity (Wildman–Crippen MR) is 133 cm³/mol. The molecule has 1 unspecified atom stereocenters. The van der Waals surface area contributed by atoms with Crippen molar-refractivity contribution in [3.63, 3.8) is 0 Å². The van der Waals surface area contributed by atoms with Gasteiger partial charge in [0.1, 0.15) is 0 Å². The lowest BCUT2D eigenvalue weighted by atomic mass is 9.94. The van der Waals surface area contributed by atoms with E-state index in [0.717, 1.165) is 62.9 Å². The lowest BCUT2D eigenvalue weighted by Crippen LogP contribution is -2.39. The van der Waals surface area contributed by atoms with Crippen LogP contribution >= 0.6 is 11.3 Å². The van der Waals surface area contributed by atoms with E-state index >= 15 is 0 Å². The first-order valence-corrected chi connectivity index (χ1v) is 12.9. The lowest BCUT2D eigenvalue weighted by molar-refractivity contribution is -0.143. The number of urea groups is 1. The molecule has 2 aromatic rings. The number of anilines is 2. The highest BCUT2D eigenvalue weighted by molar-refractivity contribution is 7.13. The minimum Gasteiger partial charge on any atom is -0.481 e. The van der Waals surface area contributed by atoms with Gasteiger partial charge in [-0.05, 0) is 51.3 Å². The van der Waals surface area contributed by atoms with Crippen LogP contribution in [0.15, 0.2) is 23.6 Å². The van der Waals surface area contributed by atoms with Crippen LogP contribution in [0.1, 0.15) is 60.1 Å². The Balaban J connectivity index is 1.32. The fourth-order valence-electron chi connectivity index (χ4n) is 4.84. The second-order valence-electron chi connectivity index (χ2n) is 9.35. The van der Waals surface area contributed by atoms with E-state index in [4.69, 9.17) is 0 Å². The van der Waals surface area contributed by atoms with Crippen LogP contribution in [-0.4, -0.2) is 52.4 Å². The second-order valence-corrected chi connectivity index (χ2v) is 10.2. The van der Waals surface area contributed by atoms with Crippen LogP contribution in [0.4, 0.5) is 15.6 Å². The summed E-state index contributed by atoms with van der Waals surface area (Å²) in [5.74, 6) is -0.872. The van der Waals surface area contributed by atoms with Crippen LogP contribution in [0.2, 0.25) is 0 Å². The topological polar surface area (TPSA) is 112 Å². The summed E-state index contributed by atoms with van der Waals surface area (Å²) in [4.78, 5) is 43.6. The number of hydrogen-bond acceptors (Lipinski definition) is 6. The molecule has 1 aromatic carbocycles. The summed E-state index contributed by atoms with van der Waals surface area (Å²) in [7, 11) is 0. The summed E-state index contributed by atoms with van der Waals surface area (Å²) in [6.07, 6.45) is 6.31. The number of aromatic nitrogens is 1. The molecule has 4 rings (SSSR count). The number of nitrogens with zero attached hydrogens (tertiary/aromatic N) is 2. The van der Waals surface area contributed by atoms with Gasteiger partial charge in [-0.3, -0.25) is 14.9 Å². The van der Waals surface area contributed by atoms with Gasteiger partial charge in [0.05, 0.1) is 17.3 Å². The Hall–Kier alpha value is -2.78. The maximum Gasteiger partial charge on any atom is 0.325 e. The van der Waals surface area contributed by atoms with E-state index in [1.165, 1.54) is 11.3 Å². The molecule has 0 bridgehead atoms. The standard InChI is InChI=1S/C25H32N4O4S/c1-16-8-9-21(20(13-16)22(30)17-5-2-3-6-17)27-24(33)28-25-26-19(15-34-25)10-12-29-11-4-7-18(14-29)23(31)32/h8-9,13,15,17-18H,2-7,10-12,14H2,1H3,(H,31,32)(H2,26,27,28,33). The summed E-state index contributed by atoms with van der Waals surface area (Å²) >= 11 is 1.35. The van der Waals surface area contributed by atoms with Crippen molar-refractivity contribution >= 4 is 39.9 Å². The SMILES string of the molecule is Cc1ccc(NC(=O)Nc2nc(CCN3CCCC(C(=O)O)C3)cs2)c(C(=O)C2CCCC2)c1. The van der Waals surface area contributed by atoms with Gasteiger partial charge in [0.25, 0.3) is 0 Å². The van der Waals surface area contributed by atoms with Crippen molar-refractivity contribution in [2.75, 3.05) is 30.3 Å². The Kier molecular flexibility index (Phi) is 7.95. The fraction of sp³-hybridized carbons (Fsp3) is 0.520. The molecular weight excluding hydrogens is 452 g/mol. The number of aryl methyl sites for hydroxylation is 1. The van der Waals surface area contributed by atoms with Crippen molar-refractivity contribution in [2.45, 2.75) is 51.9 Å². The third-order valence-electron chi connectivity index (χ3n) is 6.73. The summed E-state index contributed by atoms with van der Waals surface area (Å²) in [5.41, 5.74) is 2.95. The number of carbonyl (C=O) groups excluding carboxylic acids is 2. The summed E-state index contributed by atoms with van der Waals surface area (Å²) in [6.45, 7) is 4.17. The molecule has 1 atom stereocenters. The average molecular weight is 485 g/mol. The number of likely N-dealkylation sites (tertiary alicyclic amines) is 1. The molecule has 1 aromatic heterocycles. The Morgan fingerprint density at radius 3 is 2.65 bits per heavy atom. The summed E-state index contributed by atoms with van der Waals surface area (Å²) in [6, 6.07) is 5.10. The number of carbonyl (C=O) groups is 3. The van der Waals surface area contributed by atoms with Gasteiger partial charge >= 0.3 is 12.0 Å². The van der Waals surface area contributed by atoms with Gasteiger partial charge in [-0.15, -0.1) is 11.3 Å². The van der Waals surface area contributed by atoms with Crippen molar-refractivity contribution < 1.29 is 19.5 Å². The molecule has 1 aliphatic carbocycles. The maximum atomic E-state index is 13.0. The molecule has 182 valence electrons. The molecule has 1 aliphatic heterocycles. The third-order valence-corrected chi connectivity index (χ3v) is 7.53. The van der Waals surface area contributed by atoms with Crippen LogP contribution in [0.3, 0.4) is 0 Å². The quantitative estimate of drug-likeness (QED) is 0.464. The molecule has 3 N–H and O–H groups in total. The molecule has 34 heavy (non-hydrogen) atoms. The second kappa shape index (κ2) is 11.1. The van der Waals surface area contributed by atoms with E-state index in [0.29, 0.717) is 29.3 Å². The van der Waals surface area contributed by atoms with Gasteiger partial charge < -0.3 is 15.3 Å². The largest absolute Gasteiger partial charge is 0.481 e. The van der Waals surface area contributed by atoms with Crippen LogP contribution < -0.4 is 10.6 Å². The third kappa shape index (κ3) is 6.21. The van der Waals surface area contributed by atoms with Gasteiger partial charge in [0, 0.05) is 36.4 Å². The van der Waals surface area contributed by atoms with E-state index in [1.54, 1.807) is 6.07 Å². The first-order chi connectivity index (χ1) is 16.4. The zero-order chi connectivity index (χ0) is 24.1. The maximum absolute atomic E-state index is 13.0. The normalized spacial score (nSPS) is 19.1. The number of Topliss-reactive ketones (excluding diaryl/α,β-unsaturated/α-hetero) is 1. The molecule has 8 nitrogen and oxygen atoms in total. The Bertz CT molecular complexity index is 1050. The molecular formula is C25H32N4O4S. The van der Waals surface area contributed by atoms with Gasteiger partial charge in [0.15, 0.2) is 10.9 Å². The number of aliphatic carboxylic acids is 1. The minimum absolute atomic E-state index is 0.0395. The molecule has 2 amide bonds. The van der Waals surface area contributed by atoms with E-state index in [9.17, 15) is 19.5 Å². The van der Waals surface area contributed by atoms with E-state index < -0.39 is 12.0 Å². The molecule has 1 saturated carbocycles. The highest BCUT2D eigenvalue weighted by Crippen LogP contribution is 2.31. The molecule has 2 fully saturated rings. The van der Waals surface area contributed by atoms with Crippen molar-refractivity contribution in [1.29, 1.82) is 0 Å². The number of rotatable bonds is 8. The monoisotopic (exact) mass is 484 g/mol. The first-order valence-electron chi connectivity index (χ1n) is 12.0. The van der Waals surface area contributed by atoms with Gasteiger partial charge in [-0.25, -0.2) is 9.78 Å². The number of amides is 2. The fourth-order valence-corrected chi connectivity index (χ4v) is 5.58. The van der Waals surface area contributed by atoms with Crippen molar-refractivity contribution in [1.82, 2.24) is 9.88 Å². The predicted octanol–water partition coefficient (Wildman–Crippen LogP) is 4.81. The molecule has 1 saturated heterocycles. The number of piperidine rings is 1. The highest BCUT2D eigenvalue weighted by Gasteiger charge is 2.27. The van der Waals surface area contributed by atoms with Crippen LogP contribution in [0.5, 0.6) is 0 Å². The molecule has 0 spiro atoms. The van der Waals surface area contributed by atoms with Gasteiger partial charge in [-0.2, -0.15) is 0 Å². The Labute approximate surface area is 203 Å². The van der Waals surface area contributed by atoms with Crippen LogP contribution in [-0.2, 0) is 11.2 Å². The van der Waals surface area contributed by atoms with Crippen LogP contribution in [0.25, 0.3) is 0 Å². The highest BCUT2D eigenvalue weighted by atomic mass is 32.1. The number of carboxylic acids is 1. The summed E-state index contributed by atoms with van der Waals surface area (Å²) < 4.78 is 0. The van der Waals surface area contributed by atoms with Crippen molar-refractivity contribution in [3.05, 3.63) is 40.4 Å². The van der Waals surface area contributed by atoms with Gasteiger partial charge in [-0.1, -0.05) is 24.5 Å². The molecule has 9 heteroatoms. The summed E-state index contributed by atoms with van der Waals surface area (Å²) in [5, 5.41) is 17.3. The lowest BCUT2D eigenvalue weighted by Gasteiger charge is -2.30. The number of benzene rings is 1. The molecule has 2 aliphatic rings. The zero-order valence-electron chi connectivity index (χ0n) is 19.5. The zero-order valence-corrected chi connectivity index (χ0v) is 20.3. The van der Waals surface area contributed by atoms with Crippen molar-refractivity contribution in [2.24, 2.45) is 11.8 Å². The van der Waals surface area contributed by atoms with Crippen LogP contribution in [0, 0.1) is 18.8 Å². The number of thiazole rings is 1. The smallest absolute Gasteiger partial charge is 0.325 e. The molecule has 0 radical (unpaired) electrons. The number of carboxylic acid groups (broad SMARTS) is 1. The van der Waals surface area contributed by atoms with E-state index in [1.807, 2.05) is 24.4 Å². The first kappa shape index (κ1) is 24.3. The van der Waals surface area contributed by atoms with Crippen molar-refractivity contribution in [3.8, 4) is 0 Å². The Morgan fingerprint density at radius 2 is 1.88 bits per heavy atom. The van der Waals surface area contributed by atoms with E-state index in [-0.39, 0.29) is 17.6 Å². The molecule has 2 heterocycles. The number of ketones is 1. The minimum atomic E-state index is -0.725. The van der Waals surface area contributed by atoms with E-state index in [2.05, 4.69) is 20.5 Å². The number of nitrogens with one attached hydrogen (secondary N) is 2.